The number of thioether (sulfide) groups is 1. The molecule has 0 aliphatic rings. The van der Waals surface area contributed by atoms with E-state index in [0.29, 0.717) is 0 Å². The Morgan fingerprint density at radius 3 is 1.50 bits per heavy atom. The van der Waals surface area contributed by atoms with Gasteiger partial charge >= 0.3 is 98.3 Å². The molecule has 0 saturated carbocycles. The Morgan fingerprint density at radius 2 is 1.23 bits per heavy atom. The summed E-state index contributed by atoms with van der Waals surface area (Å²) in [5.41, 5.74) is 0.394. The van der Waals surface area contributed by atoms with Crippen molar-refractivity contribution >= 4 is 37.5 Å². The number of carboxylic acids is 1. The molecule has 0 saturated heterocycles. The zero-order chi connectivity index (χ0) is 20.6. The van der Waals surface area contributed by atoms with E-state index < -0.39 is 25.7 Å². The third kappa shape index (κ3) is 16.8. The Hall–Kier alpha value is 0.619. The van der Waals surface area contributed by atoms with Crippen LogP contribution in [-0.2, 0) is 4.79 Å². The SMILES string of the molecule is CC(C)(C)C(C)(C)CSCC(=O)O.CCC[CH2][Sn]([CH2]CCC)[CH2]CCC. The Morgan fingerprint density at radius 1 is 0.846 bits per heavy atom. The molecular weight excluding hydrogens is 447 g/mol. The van der Waals surface area contributed by atoms with Crippen molar-refractivity contribution in [3.8, 4) is 0 Å². The van der Waals surface area contributed by atoms with Crippen LogP contribution in [0.4, 0.5) is 0 Å². The number of rotatable bonds is 13. The van der Waals surface area contributed by atoms with Crippen LogP contribution in [0.15, 0.2) is 0 Å². The van der Waals surface area contributed by atoms with Gasteiger partial charge in [-0.2, -0.15) is 0 Å². The normalized spacial score (nSPS) is 12.0. The Labute approximate surface area is 176 Å². The molecule has 0 unspecified atom stereocenters. The number of unbranched alkanes of at least 4 members (excludes halogenated alkanes) is 3. The number of hydrogen-bond acceptors (Lipinski definition) is 2. The first-order valence-electron chi connectivity index (χ1n) is 10.6. The van der Waals surface area contributed by atoms with Crippen LogP contribution >= 0.6 is 11.8 Å². The molecule has 0 heterocycles. The van der Waals surface area contributed by atoms with Crippen molar-refractivity contribution in [1.82, 2.24) is 0 Å². The molecule has 0 aromatic rings. The quantitative estimate of drug-likeness (QED) is 0.266. The second-order valence-electron chi connectivity index (χ2n) is 9.08. The molecule has 157 valence electrons. The molecule has 0 aromatic heterocycles. The van der Waals surface area contributed by atoms with Gasteiger partial charge in [-0.1, -0.05) is 34.6 Å². The minimum atomic E-state index is -0.839. The van der Waals surface area contributed by atoms with Gasteiger partial charge in [-0.25, -0.2) is 0 Å². The van der Waals surface area contributed by atoms with Crippen LogP contribution in [0.1, 0.15) is 93.9 Å². The van der Waals surface area contributed by atoms with Gasteiger partial charge in [0, 0.05) is 0 Å². The summed E-state index contributed by atoms with van der Waals surface area (Å²) >= 11 is 0.656. The molecule has 26 heavy (non-hydrogen) atoms. The number of carboxylic acid groups (broad SMARTS) is 1. The van der Waals surface area contributed by atoms with Gasteiger partial charge in [0.1, 0.15) is 0 Å². The molecule has 0 atom stereocenters. The van der Waals surface area contributed by atoms with Crippen molar-refractivity contribution in [3.05, 3.63) is 0 Å². The fraction of sp³-hybridized carbons (Fsp3) is 0.955. The van der Waals surface area contributed by atoms with Crippen molar-refractivity contribution in [2.45, 2.75) is 107 Å². The Kier molecular flexibility index (Phi) is 18.4. The second-order valence-corrected chi connectivity index (χ2v) is 18.6. The Bertz CT molecular complexity index is 319. The van der Waals surface area contributed by atoms with Crippen LogP contribution < -0.4 is 0 Å². The van der Waals surface area contributed by atoms with E-state index >= 15 is 0 Å². The monoisotopic (exact) mass is 495 g/mol. The summed E-state index contributed by atoms with van der Waals surface area (Å²) < 4.78 is 5.04. The maximum absolute atomic E-state index is 10.3. The summed E-state index contributed by atoms with van der Waals surface area (Å²) in [5, 5.41) is 8.49. The van der Waals surface area contributed by atoms with Gasteiger partial charge in [0.2, 0.25) is 0 Å². The van der Waals surface area contributed by atoms with Crippen molar-refractivity contribution in [1.29, 1.82) is 0 Å². The summed E-state index contributed by atoms with van der Waals surface area (Å²) in [6, 6.07) is 0. The summed E-state index contributed by atoms with van der Waals surface area (Å²) in [6.45, 7) is 17.9. The summed E-state index contributed by atoms with van der Waals surface area (Å²) in [6.07, 6.45) is 8.85. The van der Waals surface area contributed by atoms with Gasteiger partial charge in [0.05, 0.1) is 5.75 Å². The molecule has 0 bridgehead atoms. The van der Waals surface area contributed by atoms with Gasteiger partial charge in [-0.3, -0.25) is 4.79 Å². The van der Waals surface area contributed by atoms with E-state index in [1.54, 1.807) is 13.3 Å². The third-order valence-electron chi connectivity index (χ3n) is 5.37. The predicted octanol–water partition coefficient (Wildman–Crippen LogP) is 7.76. The van der Waals surface area contributed by atoms with Crippen LogP contribution in [0, 0.1) is 10.8 Å². The van der Waals surface area contributed by atoms with E-state index in [9.17, 15) is 4.79 Å². The molecule has 0 amide bonds. The van der Waals surface area contributed by atoms with Gasteiger partial charge in [0.25, 0.3) is 0 Å². The fourth-order valence-electron chi connectivity index (χ4n) is 2.27. The molecule has 1 N–H and O–H groups in total. The van der Waals surface area contributed by atoms with E-state index in [0.717, 1.165) is 5.75 Å². The number of hydrogen-bond donors (Lipinski definition) is 1. The van der Waals surface area contributed by atoms with Crippen LogP contribution in [-0.4, -0.2) is 42.3 Å². The van der Waals surface area contributed by atoms with Crippen molar-refractivity contribution in [3.63, 3.8) is 0 Å². The first-order chi connectivity index (χ1) is 12.0. The molecule has 0 fully saturated rings. The predicted molar refractivity (Wildman–Crippen MR) is 123 cm³/mol. The zero-order valence-corrected chi connectivity index (χ0v) is 22.7. The molecule has 0 rings (SSSR count). The van der Waals surface area contributed by atoms with E-state index in [-0.39, 0.29) is 16.6 Å². The average Bonchev–Trinajstić information content (AvgIpc) is 2.53. The average molecular weight is 494 g/mol. The first kappa shape index (κ1) is 28.8. The molecule has 0 aromatic carbocycles. The van der Waals surface area contributed by atoms with Gasteiger partial charge < -0.3 is 5.11 Å². The summed E-state index contributed by atoms with van der Waals surface area (Å²) in [4.78, 5) is 10.3. The second kappa shape index (κ2) is 16.6. The van der Waals surface area contributed by atoms with E-state index in [1.807, 2.05) is 0 Å². The van der Waals surface area contributed by atoms with Crippen molar-refractivity contribution in [2.24, 2.45) is 10.8 Å². The van der Waals surface area contributed by atoms with Crippen LogP contribution in [0.5, 0.6) is 0 Å². The van der Waals surface area contributed by atoms with Crippen LogP contribution in [0.3, 0.4) is 0 Å². The van der Waals surface area contributed by atoms with Gasteiger partial charge in [-0.05, 0) is 16.6 Å². The minimum absolute atomic E-state index is 0.174. The van der Waals surface area contributed by atoms with E-state index in [2.05, 4.69) is 55.4 Å². The van der Waals surface area contributed by atoms with Crippen molar-refractivity contribution in [2.75, 3.05) is 11.5 Å². The number of aliphatic carboxylic acids is 1. The molecule has 0 aliphatic heterocycles. The maximum atomic E-state index is 10.3. The van der Waals surface area contributed by atoms with E-state index in [1.165, 1.54) is 50.3 Å². The molecule has 4 heteroatoms. The first-order valence-corrected chi connectivity index (χ1v) is 17.9. The topological polar surface area (TPSA) is 37.3 Å². The van der Waals surface area contributed by atoms with Crippen LogP contribution in [0.2, 0.25) is 13.3 Å². The molecular formula is C22H47O2SSn. The fourth-order valence-corrected chi connectivity index (χ4v) is 12.9. The molecule has 0 aliphatic carbocycles. The molecule has 0 spiro atoms. The molecule has 1 radical (unpaired) electrons. The van der Waals surface area contributed by atoms with Gasteiger partial charge in [-0.15, -0.1) is 11.8 Å². The third-order valence-corrected chi connectivity index (χ3v) is 15.8. The van der Waals surface area contributed by atoms with Crippen molar-refractivity contribution < 1.29 is 9.90 Å². The summed E-state index contributed by atoms with van der Waals surface area (Å²) in [5.74, 6) is 0.372. The summed E-state index contributed by atoms with van der Waals surface area (Å²) in [7, 11) is 0. The zero-order valence-electron chi connectivity index (χ0n) is 19.0. The van der Waals surface area contributed by atoms with E-state index in [4.69, 9.17) is 5.11 Å². The van der Waals surface area contributed by atoms with Gasteiger partial charge in [0.15, 0.2) is 0 Å². The number of carbonyl (C=O) groups is 1. The van der Waals surface area contributed by atoms with Crippen LogP contribution in [0.25, 0.3) is 0 Å². The standard InChI is InChI=1S/C10H20O2S.3C4H9.Sn/c1-9(2,3)10(4,5)7-13-6-8(11)12;3*1-3-4-2;/h6-7H2,1-5H3,(H,11,12);3*1,3-4H2,2H3;. The molecule has 2 nitrogen and oxygen atoms in total. The Balaban J connectivity index is 0.